The second-order valence-corrected chi connectivity index (χ2v) is 3.59. The number of nitrogens with zero attached hydrogens (tertiary/aromatic N) is 4. The Morgan fingerprint density at radius 3 is 2.75 bits per heavy atom. The molecule has 0 fully saturated rings. The number of aromatic nitrogens is 4. The minimum atomic E-state index is 0.662. The second-order valence-electron chi connectivity index (χ2n) is 3.59. The first-order valence-corrected chi connectivity index (χ1v) is 5.08. The fraction of sp³-hybridized carbons (Fsp3) is 0.0833. The monoisotopic (exact) mass is 210 g/mol. The van der Waals surface area contributed by atoms with Gasteiger partial charge in [0.25, 0.3) is 0 Å². The number of rotatable bonds is 1. The first kappa shape index (κ1) is 9.03. The zero-order valence-electron chi connectivity index (χ0n) is 8.83. The van der Waals surface area contributed by atoms with E-state index in [-0.39, 0.29) is 0 Å². The number of hydrogen-bond donors (Lipinski definition) is 0. The number of aryl methyl sites for hydroxylation is 1. The number of fused-ring (bicyclic) bond motifs is 1. The van der Waals surface area contributed by atoms with E-state index in [1.807, 2.05) is 47.8 Å². The van der Waals surface area contributed by atoms with Crippen LogP contribution in [0.3, 0.4) is 0 Å². The molecule has 0 aliphatic heterocycles. The molecule has 0 bridgehead atoms. The van der Waals surface area contributed by atoms with Crippen molar-refractivity contribution in [3.8, 4) is 11.5 Å². The third-order valence-electron chi connectivity index (χ3n) is 2.44. The second kappa shape index (κ2) is 3.41. The van der Waals surface area contributed by atoms with E-state index in [0.29, 0.717) is 5.82 Å². The molecule has 0 amide bonds. The highest BCUT2D eigenvalue weighted by Gasteiger charge is 2.07. The standard InChI is InChI=1S/C12H10N4/c1-9-5-4-7-11-14-12(15-16(9)11)10-6-2-3-8-13-10/h2-8H,1H3. The van der Waals surface area contributed by atoms with Crippen molar-refractivity contribution in [2.24, 2.45) is 0 Å². The van der Waals surface area contributed by atoms with E-state index in [2.05, 4.69) is 15.1 Å². The average molecular weight is 210 g/mol. The van der Waals surface area contributed by atoms with Crippen LogP contribution in [0.5, 0.6) is 0 Å². The van der Waals surface area contributed by atoms with E-state index in [0.717, 1.165) is 17.0 Å². The summed E-state index contributed by atoms with van der Waals surface area (Å²) in [5.41, 5.74) is 2.71. The molecule has 0 saturated carbocycles. The zero-order valence-corrected chi connectivity index (χ0v) is 8.83. The van der Waals surface area contributed by atoms with Crippen molar-refractivity contribution in [3.05, 3.63) is 48.3 Å². The van der Waals surface area contributed by atoms with Gasteiger partial charge < -0.3 is 0 Å². The molecule has 4 nitrogen and oxygen atoms in total. The third kappa shape index (κ3) is 1.35. The topological polar surface area (TPSA) is 43.1 Å². The van der Waals surface area contributed by atoms with Crippen molar-refractivity contribution in [2.45, 2.75) is 6.92 Å². The summed E-state index contributed by atoms with van der Waals surface area (Å²) in [5.74, 6) is 0.662. The predicted octanol–water partition coefficient (Wildman–Crippen LogP) is 2.10. The summed E-state index contributed by atoms with van der Waals surface area (Å²) in [7, 11) is 0. The lowest BCUT2D eigenvalue weighted by Crippen LogP contribution is -1.92. The van der Waals surface area contributed by atoms with E-state index < -0.39 is 0 Å². The lowest BCUT2D eigenvalue weighted by atomic mass is 10.3. The summed E-state index contributed by atoms with van der Waals surface area (Å²) < 4.78 is 1.82. The van der Waals surface area contributed by atoms with E-state index in [9.17, 15) is 0 Å². The van der Waals surface area contributed by atoms with E-state index in [4.69, 9.17) is 0 Å². The summed E-state index contributed by atoms with van der Waals surface area (Å²) in [6.07, 6.45) is 1.74. The first-order valence-electron chi connectivity index (χ1n) is 5.08. The molecule has 0 aliphatic carbocycles. The van der Waals surface area contributed by atoms with E-state index in [1.54, 1.807) is 6.20 Å². The molecule has 0 atom stereocenters. The first-order chi connectivity index (χ1) is 7.84. The summed E-state index contributed by atoms with van der Waals surface area (Å²) in [6.45, 7) is 2.00. The molecule has 3 heterocycles. The Kier molecular flexibility index (Phi) is 1.93. The Labute approximate surface area is 92.6 Å². The molecule has 0 spiro atoms. The number of pyridine rings is 2. The van der Waals surface area contributed by atoms with Crippen LogP contribution in [-0.2, 0) is 0 Å². The van der Waals surface area contributed by atoms with Gasteiger partial charge in [0, 0.05) is 11.9 Å². The van der Waals surface area contributed by atoms with Gasteiger partial charge in [-0.15, -0.1) is 5.10 Å². The Morgan fingerprint density at radius 2 is 2.00 bits per heavy atom. The Morgan fingerprint density at radius 1 is 1.06 bits per heavy atom. The molecular formula is C12H10N4. The molecule has 3 aromatic rings. The normalized spacial score (nSPS) is 10.8. The van der Waals surface area contributed by atoms with Crippen LogP contribution in [0.1, 0.15) is 5.69 Å². The van der Waals surface area contributed by atoms with Gasteiger partial charge in [0.1, 0.15) is 5.69 Å². The average Bonchev–Trinajstić information content (AvgIpc) is 2.76. The molecule has 16 heavy (non-hydrogen) atoms. The van der Waals surface area contributed by atoms with Crippen LogP contribution in [0.4, 0.5) is 0 Å². The summed E-state index contributed by atoms with van der Waals surface area (Å²) in [5, 5.41) is 4.43. The summed E-state index contributed by atoms with van der Waals surface area (Å²) in [6, 6.07) is 11.6. The van der Waals surface area contributed by atoms with Crippen molar-refractivity contribution in [2.75, 3.05) is 0 Å². The Bertz CT molecular complexity index is 628. The fourth-order valence-electron chi connectivity index (χ4n) is 1.64. The van der Waals surface area contributed by atoms with Gasteiger partial charge in [-0.05, 0) is 31.2 Å². The maximum atomic E-state index is 4.43. The van der Waals surface area contributed by atoms with Crippen molar-refractivity contribution in [1.29, 1.82) is 0 Å². The van der Waals surface area contributed by atoms with Crippen molar-refractivity contribution < 1.29 is 0 Å². The number of hydrogen-bond acceptors (Lipinski definition) is 3. The molecule has 0 saturated heterocycles. The van der Waals surface area contributed by atoms with Gasteiger partial charge in [-0.1, -0.05) is 12.1 Å². The molecule has 0 N–H and O–H groups in total. The summed E-state index contributed by atoms with van der Waals surface area (Å²) >= 11 is 0. The van der Waals surface area contributed by atoms with Crippen LogP contribution >= 0.6 is 0 Å². The van der Waals surface area contributed by atoms with E-state index in [1.165, 1.54) is 0 Å². The molecule has 0 unspecified atom stereocenters. The van der Waals surface area contributed by atoms with Gasteiger partial charge in [0.15, 0.2) is 5.65 Å². The van der Waals surface area contributed by atoms with Crippen molar-refractivity contribution >= 4 is 5.65 Å². The van der Waals surface area contributed by atoms with Crippen molar-refractivity contribution in [1.82, 2.24) is 19.6 Å². The maximum absolute atomic E-state index is 4.43. The molecule has 3 rings (SSSR count). The molecule has 0 aromatic carbocycles. The lowest BCUT2D eigenvalue weighted by molar-refractivity contribution is 0.916. The SMILES string of the molecule is Cc1cccc2nc(-c3ccccn3)nn12. The smallest absolute Gasteiger partial charge is 0.200 e. The van der Waals surface area contributed by atoms with Gasteiger partial charge >= 0.3 is 0 Å². The highest BCUT2D eigenvalue weighted by atomic mass is 15.3. The van der Waals surface area contributed by atoms with Crippen LogP contribution < -0.4 is 0 Å². The highest BCUT2D eigenvalue weighted by molar-refractivity contribution is 5.53. The van der Waals surface area contributed by atoms with Crippen LogP contribution in [0.2, 0.25) is 0 Å². The highest BCUT2D eigenvalue weighted by Crippen LogP contribution is 2.13. The van der Waals surface area contributed by atoms with Gasteiger partial charge in [-0.3, -0.25) is 4.98 Å². The van der Waals surface area contributed by atoms with Crippen LogP contribution in [0, 0.1) is 6.92 Å². The molecule has 0 aliphatic rings. The summed E-state index contributed by atoms with van der Waals surface area (Å²) in [4.78, 5) is 8.67. The van der Waals surface area contributed by atoms with Gasteiger partial charge in [-0.2, -0.15) is 0 Å². The minimum absolute atomic E-state index is 0.662. The van der Waals surface area contributed by atoms with Gasteiger partial charge in [0.05, 0.1) is 0 Å². The van der Waals surface area contributed by atoms with Gasteiger partial charge in [0.2, 0.25) is 5.82 Å². The lowest BCUT2D eigenvalue weighted by Gasteiger charge is -1.94. The quantitative estimate of drug-likeness (QED) is 0.617. The fourth-order valence-corrected chi connectivity index (χ4v) is 1.64. The molecular weight excluding hydrogens is 200 g/mol. The third-order valence-corrected chi connectivity index (χ3v) is 2.44. The van der Waals surface area contributed by atoms with Crippen LogP contribution in [-0.4, -0.2) is 19.6 Å². The van der Waals surface area contributed by atoms with E-state index >= 15 is 0 Å². The van der Waals surface area contributed by atoms with Crippen LogP contribution in [0.15, 0.2) is 42.6 Å². The minimum Gasteiger partial charge on any atom is -0.253 e. The Balaban J connectivity index is 2.23. The molecule has 3 aromatic heterocycles. The predicted molar refractivity (Wildman–Crippen MR) is 61.0 cm³/mol. The maximum Gasteiger partial charge on any atom is 0.200 e. The largest absolute Gasteiger partial charge is 0.253 e. The zero-order chi connectivity index (χ0) is 11.0. The molecule has 4 heteroatoms. The molecule has 0 radical (unpaired) electrons. The Hall–Kier alpha value is -2.23. The van der Waals surface area contributed by atoms with Crippen LogP contribution in [0.25, 0.3) is 17.2 Å². The van der Waals surface area contributed by atoms with Gasteiger partial charge in [-0.25, -0.2) is 9.50 Å². The molecule has 78 valence electrons. The van der Waals surface area contributed by atoms with Crippen molar-refractivity contribution in [3.63, 3.8) is 0 Å².